The Kier molecular flexibility index (Phi) is 10.8. The topological polar surface area (TPSA) is 0 Å². The first-order valence-electron chi connectivity index (χ1n) is 10.3. The molecule has 0 nitrogen and oxygen atoms in total. The quantitative estimate of drug-likeness (QED) is 0.225. The van der Waals surface area contributed by atoms with Crippen LogP contribution in [-0.4, -0.2) is 5.25 Å². The highest BCUT2D eigenvalue weighted by molar-refractivity contribution is 7.81. The molecule has 0 spiro atoms. The number of benzene rings is 2. The van der Waals surface area contributed by atoms with Crippen LogP contribution >= 0.6 is 37.9 Å². The van der Waals surface area contributed by atoms with Crippen LogP contribution in [0.4, 0.5) is 0 Å². The second-order valence-electron chi connectivity index (χ2n) is 7.40. The molecule has 1 atom stereocenters. The third-order valence-corrected chi connectivity index (χ3v) is 6.31. The highest BCUT2D eigenvalue weighted by Gasteiger charge is 2.07. The number of hydrogen-bond donors (Lipinski definition) is 3. The molecule has 0 saturated heterocycles. The Balaban J connectivity index is 1.71. The molecule has 1 unspecified atom stereocenters. The van der Waals surface area contributed by atoms with Crippen LogP contribution < -0.4 is 0 Å². The molecule has 27 heavy (non-hydrogen) atoms. The lowest BCUT2D eigenvalue weighted by Gasteiger charge is -2.11. The van der Waals surface area contributed by atoms with Crippen molar-refractivity contribution in [3.63, 3.8) is 0 Å². The molecule has 0 aliphatic rings. The molecule has 0 bridgehead atoms. The maximum Gasteiger partial charge on any atom is 0.0136 e. The first-order chi connectivity index (χ1) is 13.1. The normalized spacial score (nSPS) is 12.3. The molecule has 0 amide bonds. The second kappa shape index (κ2) is 12.9. The standard InChI is InChI=1S/C24H33S3/c1-2-3-4-5-6-7-11-21(25)12-8-10-19-15-17-20(18-16-19)24-22(26)13-9-14-23(24)27/h13-18,21,25-27H,2-8,10-12H2,1H3. The summed E-state index contributed by atoms with van der Waals surface area (Å²) in [5, 5.41) is 0.550. The van der Waals surface area contributed by atoms with Gasteiger partial charge in [-0.3, -0.25) is 0 Å². The van der Waals surface area contributed by atoms with E-state index in [-0.39, 0.29) is 0 Å². The van der Waals surface area contributed by atoms with Gasteiger partial charge in [-0.15, -0.1) is 25.3 Å². The largest absolute Gasteiger partial charge is 0.176 e. The molecule has 0 aliphatic heterocycles. The first kappa shape index (κ1) is 22.8. The van der Waals surface area contributed by atoms with Gasteiger partial charge in [0.2, 0.25) is 0 Å². The van der Waals surface area contributed by atoms with Crippen LogP contribution in [0, 0.1) is 6.07 Å². The summed E-state index contributed by atoms with van der Waals surface area (Å²) in [6.45, 7) is 2.27. The van der Waals surface area contributed by atoms with Crippen molar-refractivity contribution in [3.05, 3.63) is 48.0 Å². The minimum Gasteiger partial charge on any atom is -0.176 e. The van der Waals surface area contributed by atoms with E-state index in [9.17, 15) is 0 Å². The van der Waals surface area contributed by atoms with Crippen molar-refractivity contribution in [2.45, 2.75) is 86.2 Å². The van der Waals surface area contributed by atoms with Crippen LogP contribution in [0.2, 0.25) is 0 Å². The van der Waals surface area contributed by atoms with Gasteiger partial charge in [0, 0.05) is 20.6 Å². The van der Waals surface area contributed by atoms with Crippen molar-refractivity contribution in [3.8, 4) is 11.1 Å². The van der Waals surface area contributed by atoms with Gasteiger partial charge in [-0.05, 0) is 55.0 Å². The van der Waals surface area contributed by atoms with E-state index in [1.165, 1.54) is 63.4 Å². The van der Waals surface area contributed by atoms with E-state index < -0.39 is 0 Å². The van der Waals surface area contributed by atoms with E-state index in [1.807, 2.05) is 12.1 Å². The molecule has 0 N–H and O–H groups in total. The van der Waals surface area contributed by atoms with Gasteiger partial charge in [0.1, 0.15) is 0 Å². The summed E-state index contributed by atoms with van der Waals surface area (Å²) < 4.78 is 0. The van der Waals surface area contributed by atoms with Gasteiger partial charge in [0.05, 0.1) is 0 Å². The zero-order chi connectivity index (χ0) is 19.5. The van der Waals surface area contributed by atoms with Gasteiger partial charge in [0.25, 0.3) is 0 Å². The number of hydrogen-bond acceptors (Lipinski definition) is 3. The molecule has 0 fully saturated rings. The van der Waals surface area contributed by atoms with Crippen LogP contribution in [0.5, 0.6) is 0 Å². The van der Waals surface area contributed by atoms with Gasteiger partial charge in [-0.1, -0.05) is 69.7 Å². The second-order valence-corrected chi connectivity index (χ2v) is 9.09. The third-order valence-electron chi connectivity index (χ3n) is 5.09. The molecule has 1 radical (unpaired) electrons. The Bertz CT molecular complexity index is 644. The van der Waals surface area contributed by atoms with Crippen molar-refractivity contribution in [2.24, 2.45) is 0 Å². The molecule has 2 aromatic carbocycles. The van der Waals surface area contributed by atoms with E-state index in [0.29, 0.717) is 5.25 Å². The van der Waals surface area contributed by atoms with Crippen molar-refractivity contribution < 1.29 is 0 Å². The lowest BCUT2D eigenvalue weighted by Crippen LogP contribution is -2.00. The van der Waals surface area contributed by atoms with Gasteiger partial charge in [-0.25, -0.2) is 0 Å². The number of unbranched alkanes of at least 4 members (excludes halogenated alkanes) is 5. The fraction of sp³-hybridized carbons (Fsp3) is 0.500. The minimum atomic E-state index is 0.550. The summed E-state index contributed by atoms with van der Waals surface area (Å²) in [5.41, 5.74) is 3.64. The maximum absolute atomic E-state index is 4.79. The van der Waals surface area contributed by atoms with E-state index in [0.717, 1.165) is 27.3 Å². The summed E-state index contributed by atoms with van der Waals surface area (Å²) in [7, 11) is 0. The first-order valence-corrected chi connectivity index (χ1v) is 11.7. The van der Waals surface area contributed by atoms with Gasteiger partial charge >= 0.3 is 0 Å². The predicted molar refractivity (Wildman–Crippen MR) is 129 cm³/mol. The summed E-state index contributed by atoms with van der Waals surface area (Å²) >= 11 is 13.9. The number of thiol groups is 3. The highest BCUT2D eigenvalue weighted by Crippen LogP contribution is 2.32. The van der Waals surface area contributed by atoms with E-state index in [1.54, 1.807) is 0 Å². The van der Waals surface area contributed by atoms with Crippen molar-refractivity contribution in [1.29, 1.82) is 0 Å². The van der Waals surface area contributed by atoms with Crippen molar-refractivity contribution in [1.82, 2.24) is 0 Å². The molecule has 3 heteroatoms. The molecule has 2 rings (SSSR count). The Labute approximate surface area is 182 Å². The van der Waals surface area contributed by atoms with E-state index in [4.69, 9.17) is 12.6 Å². The molecule has 0 aliphatic carbocycles. The zero-order valence-electron chi connectivity index (χ0n) is 16.5. The molecular weight excluding hydrogens is 384 g/mol. The zero-order valence-corrected chi connectivity index (χ0v) is 19.1. The molecule has 2 aromatic rings. The maximum atomic E-state index is 4.79. The summed E-state index contributed by atoms with van der Waals surface area (Å²) in [6.07, 6.45) is 13.0. The van der Waals surface area contributed by atoms with Gasteiger partial charge < -0.3 is 0 Å². The number of aryl methyl sites for hydroxylation is 1. The van der Waals surface area contributed by atoms with Crippen LogP contribution in [-0.2, 0) is 6.42 Å². The Hall–Kier alpha value is -0.510. The molecule has 0 saturated carbocycles. The van der Waals surface area contributed by atoms with E-state index in [2.05, 4.69) is 62.5 Å². The van der Waals surface area contributed by atoms with Gasteiger partial charge in [-0.2, -0.15) is 12.6 Å². The Morgan fingerprint density at radius 1 is 0.815 bits per heavy atom. The Morgan fingerprint density at radius 3 is 2.07 bits per heavy atom. The van der Waals surface area contributed by atoms with Crippen LogP contribution in [0.1, 0.15) is 70.3 Å². The predicted octanol–water partition coefficient (Wildman–Crippen LogP) is 8.10. The fourth-order valence-corrected chi connectivity index (χ4v) is 4.56. The SMILES string of the molecule is CCCCCCCCC(S)CCCc1ccc(-c2c(S)c[c]cc2S)cc1. The monoisotopic (exact) mass is 417 g/mol. The molecular formula is C24H33S3. The molecule has 0 aromatic heterocycles. The average molecular weight is 418 g/mol. The third kappa shape index (κ3) is 8.17. The van der Waals surface area contributed by atoms with E-state index >= 15 is 0 Å². The summed E-state index contributed by atoms with van der Waals surface area (Å²) in [6, 6.07) is 15.7. The lowest BCUT2D eigenvalue weighted by atomic mass is 10.00. The van der Waals surface area contributed by atoms with Crippen LogP contribution in [0.25, 0.3) is 11.1 Å². The highest BCUT2D eigenvalue weighted by atomic mass is 32.1. The summed E-state index contributed by atoms with van der Waals surface area (Å²) in [5.74, 6) is 0. The minimum absolute atomic E-state index is 0.550. The average Bonchev–Trinajstić information content (AvgIpc) is 2.66. The lowest BCUT2D eigenvalue weighted by molar-refractivity contribution is 0.565. The van der Waals surface area contributed by atoms with Gasteiger partial charge in [0.15, 0.2) is 0 Å². The van der Waals surface area contributed by atoms with Crippen molar-refractivity contribution in [2.75, 3.05) is 0 Å². The van der Waals surface area contributed by atoms with Crippen LogP contribution in [0.3, 0.4) is 0 Å². The van der Waals surface area contributed by atoms with Crippen molar-refractivity contribution >= 4 is 37.9 Å². The van der Waals surface area contributed by atoms with Crippen LogP contribution in [0.15, 0.2) is 46.2 Å². The Morgan fingerprint density at radius 2 is 1.41 bits per heavy atom. The molecule has 0 heterocycles. The number of rotatable bonds is 12. The molecule has 147 valence electrons. The fourth-order valence-electron chi connectivity index (χ4n) is 3.46. The smallest absolute Gasteiger partial charge is 0.0136 e. The summed E-state index contributed by atoms with van der Waals surface area (Å²) in [4.78, 5) is 1.84.